The lowest BCUT2D eigenvalue weighted by molar-refractivity contribution is -0.120. The highest BCUT2D eigenvalue weighted by Gasteiger charge is 2.40. The molecule has 1 N–H and O–H groups in total. The Hall–Kier alpha value is -3.93. The first-order chi connectivity index (χ1) is 14.9. The summed E-state index contributed by atoms with van der Waals surface area (Å²) in [6.45, 7) is 3.75. The summed E-state index contributed by atoms with van der Waals surface area (Å²) in [7, 11) is 1.55. The minimum Gasteiger partial charge on any atom is -0.497 e. The second-order valence-corrected chi connectivity index (χ2v) is 7.35. The number of imide groups is 1. The predicted molar refractivity (Wildman–Crippen MR) is 118 cm³/mol. The summed E-state index contributed by atoms with van der Waals surface area (Å²) in [5, 5.41) is 2.97. The summed E-state index contributed by atoms with van der Waals surface area (Å²) in [5.74, 6) is -0.747. The Morgan fingerprint density at radius 2 is 1.65 bits per heavy atom. The molecule has 1 heterocycles. The summed E-state index contributed by atoms with van der Waals surface area (Å²) < 4.78 is 18.9. The third-order valence-electron chi connectivity index (χ3n) is 5.16. The molecular weight excluding hydrogens is 395 g/mol. The highest BCUT2D eigenvalue weighted by atomic mass is 19.1. The van der Waals surface area contributed by atoms with Gasteiger partial charge < -0.3 is 10.1 Å². The van der Waals surface area contributed by atoms with E-state index in [-0.39, 0.29) is 11.3 Å². The van der Waals surface area contributed by atoms with Crippen molar-refractivity contribution in [1.29, 1.82) is 0 Å². The Bertz CT molecular complexity index is 1220. The Labute approximate surface area is 179 Å². The van der Waals surface area contributed by atoms with Crippen LogP contribution in [0.3, 0.4) is 0 Å². The van der Waals surface area contributed by atoms with Gasteiger partial charge in [0.1, 0.15) is 17.3 Å². The number of hydrogen-bond donors (Lipinski definition) is 1. The zero-order valence-corrected chi connectivity index (χ0v) is 17.4. The summed E-state index contributed by atoms with van der Waals surface area (Å²) >= 11 is 0. The molecule has 1 aliphatic heterocycles. The minimum atomic E-state index is -0.492. The second-order valence-electron chi connectivity index (χ2n) is 7.35. The topological polar surface area (TPSA) is 58.6 Å². The van der Waals surface area contributed by atoms with Gasteiger partial charge in [0.2, 0.25) is 0 Å². The molecule has 0 unspecified atom stereocenters. The van der Waals surface area contributed by atoms with Crippen LogP contribution in [-0.4, -0.2) is 18.9 Å². The van der Waals surface area contributed by atoms with Crippen LogP contribution in [0.2, 0.25) is 0 Å². The van der Waals surface area contributed by atoms with E-state index >= 15 is 0 Å². The fourth-order valence-corrected chi connectivity index (χ4v) is 3.56. The first kappa shape index (κ1) is 20.3. The third kappa shape index (κ3) is 3.80. The number of amides is 2. The zero-order valence-electron chi connectivity index (χ0n) is 17.4. The Kier molecular flexibility index (Phi) is 5.29. The number of aryl methyl sites for hydroxylation is 2. The highest BCUT2D eigenvalue weighted by Crippen LogP contribution is 2.36. The first-order valence-electron chi connectivity index (χ1n) is 9.76. The molecule has 5 nitrogen and oxygen atoms in total. The zero-order chi connectivity index (χ0) is 22.1. The van der Waals surface area contributed by atoms with Crippen molar-refractivity contribution in [3.05, 3.63) is 94.9 Å². The van der Waals surface area contributed by atoms with Crippen molar-refractivity contribution in [2.75, 3.05) is 17.3 Å². The first-order valence-corrected chi connectivity index (χ1v) is 9.76. The predicted octanol–water partition coefficient (Wildman–Crippen LogP) is 4.85. The summed E-state index contributed by atoms with van der Waals surface area (Å²) in [4.78, 5) is 28.1. The molecule has 0 saturated carbocycles. The van der Waals surface area contributed by atoms with Crippen LogP contribution in [0.1, 0.15) is 16.7 Å². The molecule has 0 saturated heterocycles. The van der Waals surface area contributed by atoms with Gasteiger partial charge in [0, 0.05) is 5.69 Å². The number of nitrogens with one attached hydrogen (secondary N) is 1. The quantitative estimate of drug-likeness (QED) is 0.604. The van der Waals surface area contributed by atoms with Gasteiger partial charge in [-0.15, -0.1) is 0 Å². The normalized spacial score (nSPS) is 13.7. The second kappa shape index (κ2) is 8.07. The van der Waals surface area contributed by atoms with Crippen molar-refractivity contribution in [3.63, 3.8) is 0 Å². The molecule has 0 radical (unpaired) electrons. The van der Waals surface area contributed by atoms with Crippen LogP contribution in [0.25, 0.3) is 5.57 Å². The van der Waals surface area contributed by atoms with Gasteiger partial charge in [0.25, 0.3) is 11.8 Å². The molecule has 6 heteroatoms. The molecule has 31 heavy (non-hydrogen) atoms. The Balaban J connectivity index is 1.85. The number of benzene rings is 3. The number of carbonyl (C=O) groups excluding carboxylic acids is 2. The van der Waals surface area contributed by atoms with Gasteiger partial charge in [0.05, 0.1) is 18.4 Å². The van der Waals surface area contributed by atoms with Gasteiger partial charge in [-0.3, -0.25) is 9.59 Å². The van der Waals surface area contributed by atoms with Crippen molar-refractivity contribution in [1.82, 2.24) is 0 Å². The lowest BCUT2D eigenvalue weighted by Gasteiger charge is -2.18. The number of methoxy groups -OCH3 is 1. The number of anilines is 2. The van der Waals surface area contributed by atoms with Crippen LogP contribution < -0.4 is 15.0 Å². The number of hydrogen-bond acceptors (Lipinski definition) is 4. The maximum absolute atomic E-state index is 13.7. The van der Waals surface area contributed by atoms with Gasteiger partial charge in [0.15, 0.2) is 0 Å². The van der Waals surface area contributed by atoms with E-state index in [1.807, 2.05) is 32.0 Å². The SMILES string of the molecule is COc1ccc(C2=C(Nc3cccc(F)c3)C(=O)N(c3cc(C)ccc3C)C2=O)cc1. The summed E-state index contributed by atoms with van der Waals surface area (Å²) in [6.07, 6.45) is 0. The van der Waals surface area contributed by atoms with E-state index < -0.39 is 17.6 Å². The molecule has 3 aromatic carbocycles. The minimum absolute atomic E-state index is 0.0988. The number of nitrogens with zero attached hydrogens (tertiary/aromatic N) is 1. The molecule has 0 spiro atoms. The average Bonchev–Trinajstić information content (AvgIpc) is 2.99. The number of ether oxygens (including phenoxy) is 1. The van der Waals surface area contributed by atoms with E-state index in [0.717, 1.165) is 11.1 Å². The highest BCUT2D eigenvalue weighted by molar-refractivity contribution is 6.46. The lowest BCUT2D eigenvalue weighted by Crippen LogP contribution is -2.33. The molecule has 0 atom stereocenters. The van der Waals surface area contributed by atoms with Crippen molar-refractivity contribution >= 4 is 28.8 Å². The van der Waals surface area contributed by atoms with E-state index in [0.29, 0.717) is 22.7 Å². The molecule has 0 fully saturated rings. The number of halogens is 1. The smallest absolute Gasteiger partial charge is 0.282 e. The molecule has 4 rings (SSSR count). The van der Waals surface area contributed by atoms with Gasteiger partial charge in [-0.05, 0) is 66.9 Å². The fourth-order valence-electron chi connectivity index (χ4n) is 3.56. The Morgan fingerprint density at radius 3 is 2.32 bits per heavy atom. The van der Waals surface area contributed by atoms with E-state index in [1.165, 1.54) is 23.1 Å². The van der Waals surface area contributed by atoms with Crippen molar-refractivity contribution in [2.24, 2.45) is 0 Å². The maximum atomic E-state index is 13.7. The molecule has 1 aliphatic rings. The van der Waals surface area contributed by atoms with Crippen LogP contribution in [0, 0.1) is 19.7 Å². The Morgan fingerprint density at radius 1 is 0.903 bits per heavy atom. The summed E-state index contributed by atoms with van der Waals surface area (Å²) in [5.41, 5.74) is 3.51. The van der Waals surface area contributed by atoms with Crippen LogP contribution in [0.15, 0.2) is 72.4 Å². The lowest BCUT2D eigenvalue weighted by atomic mass is 10.0. The van der Waals surface area contributed by atoms with Crippen LogP contribution in [0.5, 0.6) is 5.75 Å². The molecule has 3 aromatic rings. The van der Waals surface area contributed by atoms with Gasteiger partial charge >= 0.3 is 0 Å². The van der Waals surface area contributed by atoms with E-state index in [2.05, 4.69) is 5.32 Å². The molecule has 0 bridgehead atoms. The third-order valence-corrected chi connectivity index (χ3v) is 5.16. The van der Waals surface area contributed by atoms with E-state index in [9.17, 15) is 14.0 Å². The molecule has 0 aliphatic carbocycles. The van der Waals surface area contributed by atoms with Crippen LogP contribution in [0.4, 0.5) is 15.8 Å². The van der Waals surface area contributed by atoms with Crippen LogP contribution >= 0.6 is 0 Å². The number of carbonyl (C=O) groups is 2. The maximum Gasteiger partial charge on any atom is 0.282 e. The molecule has 0 aromatic heterocycles. The van der Waals surface area contributed by atoms with E-state index in [4.69, 9.17) is 4.74 Å². The van der Waals surface area contributed by atoms with Crippen LogP contribution in [-0.2, 0) is 9.59 Å². The largest absolute Gasteiger partial charge is 0.497 e. The fraction of sp³-hybridized carbons (Fsp3) is 0.120. The van der Waals surface area contributed by atoms with Crippen molar-refractivity contribution in [3.8, 4) is 5.75 Å². The van der Waals surface area contributed by atoms with Gasteiger partial charge in [-0.25, -0.2) is 9.29 Å². The van der Waals surface area contributed by atoms with E-state index in [1.54, 1.807) is 37.4 Å². The molecule has 156 valence electrons. The standard InChI is InChI=1S/C25H21FN2O3/c1-15-7-8-16(2)21(13-15)28-24(29)22(17-9-11-20(31-3)12-10-17)23(25(28)30)27-19-6-4-5-18(26)14-19/h4-14,27H,1-3H3. The van der Waals surface area contributed by atoms with Gasteiger partial charge in [-0.2, -0.15) is 0 Å². The number of rotatable bonds is 5. The summed E-state index contributed by atoms with van der Waals surface area (Å²) in [6, 6.07) is 18.3. The average molecular weight is 416 g/mol. The monoisotopic (exact) mass is 416 g/mol. The van der Waals surface area contributed by atoms with Crippen molar-refractivity contribution < 1.29 is 18.7 Å². The van der Waals surface area contributed by atoms with Gasteiger partial charge in [-0.1, -0.05) is 30.3 Å². The molecule has 2 amide bonds. The molecular formula is C25H21FN2O3. The van der Waals surface area contributed by atoms with Crippen molar-refractivity contribution in [2.45, 2.75) is 13.8 Å².